The molecule has 0 saturated heterocycles. The van der Waals surface area contributed by atoms with Crippen molar-refractivity contribution >= 4 is 27.5 Å². The van der Waals surface area contributed by atoms with Crippen LogP contribution in [0.4, 0.5) is 5.69 Å². The number of carbonyl (C=O) groups is 2. The Morgan fingerprint density at radius 2 is 1.45 bits per heavy atom. The highest BCUT2D eigenvalue weighted by molar-refractivity contribution is 7.92. The molecule has 3 rings (SSSR count). The second-order valence-corrected chi connectivity index (χ2v) is 8.88. The van der Waals surface area contributed by atoms with E-state index in [4.69, 9.17) is 5.11 Å². The van der Waals surface area contributed by atoms with E-state index in [1.807, 2.05) is 12.1 Å². The summed E-state index contributed by atoms with van der Waals surface area (Å²) in [5.41, 5.74) is 3.11. The number of hydrogen-bond acceptors (Lipinski definition) is 4. The van der Waals surface area contributed by atoms with Crippen LogP contribution in [-0.4, -0.2) is 25.3 Å². The van der Waals surface area contributed by atoms with E-state index < -0.39 is 16.0 Å². The highest BCUT2D eigenvalue weighted by Crippen LogP contribution is 2.22. The lowest BCUT2D eigenvalue weighted by Crippen LogP contribution is -2.14. The lowest BCUT2D eigenvalue weighted by molar-refractivity contribution is 0.0696. The Hall–Kier alpha value is -3.45. The molecule has 0 atom stereocenters. The summed E-state index contributed by atoms with van der Waals surface area (Å²) >= 11 is 0. The van der Waals surface area contributed by atoms with E-state index in [2.05, 4.69) is 4.72 Å². The fraction of sp³-hybridized carbons (Fsp3) is 0.167. The minimum atomic E-state index is -3.79. The molecular formula is C24H23NO5S. The van der Waals surface area contributed by atoms with E-state index in [9.17, 15) is 18.0 Å². The predicted octanol–water partition coefficient (Wildman–Crippen LogP) is 4.56. The fourth-order valence-corrected chi connectivity index (χ4v) is 4.31. The third-order valence-electron chi connectivity index (χ3n) is 4.95. The molecule has 0 heterocycles. The number of nitrogens with one attached hydrogen (secondary N) is 1. The van der Waals surface area contributed by atoms with Crippen LogP contribution in [0.3, 0.4) is 0 Å². The molecule has 2 N–H and O–H groups in total. The van der Waals surface area contributed by atoms with Gasteiger partial charge in [0.1, 0.15) is 0 Å². The number of para-hydroxylation sites is 1. The summed E-state index contributed by atoms with van der Waals surface area (Å²) in [6.07, 6.45) is 2.18. The Morgan fingerprint density at radius 1 is 0.839 bits per heavy atom. The quantitative estimate of drug-likeness (QED) is 0.478. The molecule has 0 aliphatic carbocycles. The topological polar surface area (TPSA) is 101 Å². The van der Waals surface area contributed by atoms with Gasteiger partial charge < -0.3 is 5.11 Å². The first-order chi connectivity index (χ1) is 14.8. The van der Waals surface area contributed by atoms with Gasteiger partial charge in [0.25, 0.3) is 10.0 Å². The third kappa shape index (κ3) is 5.79. The van der Waals surface area contributed by atoms with Crippen molar-refractivity contribution in [1.29, 1.82) is 0 Å². The molecule has 0 aliphatic heterocycles. The maximum atomic E-state index is 12.8. The van der Waals surface area contributed by atoms with E-state index in [-0.39, 0.29) is 16.2 Å². The van der Waals surface area contributed by atoms with Crippen LogP contribution in [-0.2, 0) is 22.9 Å². The number of carboxylic acid groups (broad SMARTS) is 1. The van der Waals surface area contributed by atoms with Crippen molar-refractivity contribution in [2.75, 3.05) is 4.72 Å². The van der Waals surface area contributed by atoms with Crippen LogP contribution in [0.1, 0.15) is 45.2 Å². The summed E-state index contributed by atoms with van der Waals surface area (Å²) in [5.74, 6) is -1.08. The number of aryl methyl sites for hydroxylation is 2. The maximum absolute atomic E-state index is 12.8. The molecule has 3 aromatic carbocycles. The van der Waals surface area contributed by atoms with Gasteiger partial charge in [-0.15, -0.1) is 0 Å². The Kier molecular flexibility index (Phi) is 6.87. The molecule has 0 aromatic heterocycles. The average molecular weight is 438 g/mol. The van der Waals surface area contributed by atoms with Gasteiger partial charge in [-0.3, -0.25) is 9.52 Å². The number of sulfonamides is 1. The van der Waals surface area contributed by atoms with Gasteiger partial charge in [-0.1, -0.05) is 42.5 Å². The standard InChI is InChI=1S/C24H23NO5S/c1-17(26)19-13-15-22(16-14-19)31(29,30)25-23-8-3-2-6-20(23)7-4-5-18-9-11-21(12-10-18)24(27)28/h2-3,6,8-16,25H,4-5,7H2,1H3,(H,27,28). The lowest BCUT2D eigenvalue weighted by atomic mass is 10.0. The maximum Gasteiger partial charge on any atom is 0.335 e. The average Bonchev–Trinajstić information content (AvgIpc) is 2.75. The SMILES string of the molecule is CC(=O)c1ccc(S(=O)(=O)Nc2ccccc2CCCc2ccc(C(=O)O)cc2)cc1. The molecule has 0 radical (unpaired) electrons. The largest absolute Gasteiger partial charge is 0.478 e. The number of aromatic carboxylic acids is 1. The number of carboxylic acids is 1. The van der Waals surface area contributed by atoms with Gasteiger partial charge in [0.15, 0.2) is 5.78 Å². The Morgan fingerprint density at radius 3 is 2.06 bits per heavy atom. The second-order valence-electron chi connectivity index (χ2n) is 7.20. The summed E-state index contributed by atoms with van der Waals surface area (Å²) in [5, 5.41) is 8.97. The van der Waals surface area contributed by atoms with E-state index in [1.165, 1.54) is 31.2 Å². The van der Waals surface area contributed by atoms with Crippen LogP contribution in [0, 0.1) is 0 Å². The first kappa shape index (κ1) is 22.2. The number of hydrogen-bond donors (Lipinski definition) is 2. The number of anilines is 1. The van der Waals surface area contributed by atoms with Crippen molar-refractivity contribution in [3.63, 3.8) is 0 Å². The predicted molar refractivity (Wildman–Crippen MR) is 119 cm³/mol. The zero-order valence-corrected chi connectivity index (χ0v) is 17.9. The van der Waals surface area contributed by atoms with E-state index in [0.29, 0.717) is 17.7 Å². The van der Waals surface area contributed by atoms with Crippen molar-refractivity contribution in [2.45, 2.75) is 31.1 Å². The van der Waals surface area contributed by atoms with Crippen molar-refractivity contribution in [3.8, 4) is 0 Å². The molecule has 0 bridgehead atoms. The molecular weight excluding hydrogens is 414 g/mol. The minimum Gasteiger partial charge on any atom is -0.478 e. The van der Waals surface area contributed by atoms with Gasteiger partial charge in [-0.25, -0.2) is 13.2 Å². The fourth-order valence-electron chi connectivity index (χ4n) is 3.21. The summed E-state index contributed by atoms with van der Waals surface area (Å²) in [6.45, 7) is 1.43. The molecule has 0 saturated carbocycles. The van der Waals surface area contributed by atoms with Gasteiger partial charge in [0.05, 0.1) is 16.1 Å². The molecule has 160 valence electrons. The van der Waals surface area contributed by atoms with Gasteiger partial charge >= 0.3 is 5.97 Å². The zero-order valence-electron chi connectivity index (χ0n) is 17.0. The summed E-state index contributed by atoms with van der Waals surface area (Å²) in [7, 11) is -3.79. The van der Waals surface area contributed by atoms with Crippen LogP contribution in [0.15, 0.2) is 77.7 Å². The molecule has 31 heavy (non-hydrogen) atoms. The number of Topliss-reactive ketones (excluding diaryl/α,β-unsaturated/α-hetero) is 1. The highest BCUT2D eigenvalue weighted by atomic mass is 32.2. The number of carbonyl (C=O) groups excluding carboxylic acids is 1. The zero-order chi connectivity index (χ0) is 22.4. The van der Waals surface area contributed by atoms with Crippen LogP contribution < -0.4 is 4.72 Å². The summed E-state index contributed by atoms with van der Waals surface area (Å²) < 4.78 is 28.2. The number of benzene rings is 3. The number of rotatable bonds is 9. The van der Waals surface area contributed by atoms with E-state index in [0.717, 1.165) is 24.0 Å². The number of ketones is 1. The van der Waals surface area contributed by atoms with Gasteiger partial charge in [0, 0.05) is 5.56 Å². The van der Waals surface area contributed by atoms with E-state index >= 15 is 0 Å². The Balaban J connectivity index is 1.68. The summed E-state index contributed by atoms with van der Waals surface area (Å²) in [6, 6.07) is 19.8. The third-order valence-corrected chi connectivity index (χ3v) is 6.33. The molecule has 6 nitrogen and oxygen atoms in total. The van der Waals surface area contributed by atoms with Gasteiger partial charge in [0.2, 0.25) is 0 Å². The Labute approximate surface area is 181 Å². The molecule has 0 amide bonds. The van der Waals surface area contributed by atoms with Gasteiger partial charge in [-0.05, 0) is 67.6 Å². The molecule has 7 heteroatoms. The van der Waals surface area contributed by atoms with Crippen LogP contribution >= 0.6 is 0 Å². The molecule has 0 spiro atoms. The molecule has 0 unspecified atom stereocenters. The second kappa shape index (κ2) is 9.57. The minimum absolute atomic E-state index is 0.0887. The van der Waals surface area contributed by atoms with Gasteiger partial charge in [-0.2, -0.15) is 0 Å². The van der Waals surface area contributed by atoms with Crippen molar-refractivity contribution < 1.29 is 23.1 Å². The van der Waals surface area contributed by atoms with Crippen LogP contribution in [0.5, 0.6) is 0 Å². The van der Waals surface area contributed by atoms with Crippen LogP contribution in [0.2, 0.25) is 0 Å². The molecule has 0 fully saturated rings. The smallest absolute Gasteiger partial charge is 0.335 e. The summed E-state index contributed by atoms with van der Waals surface area (Å²) in [4.78, 5) is 22.4. The highest BCUT2D eigenvalue weighted by Gasteiger charge is 2.16. The van der Waals surface area contributed by atoms with Crippen LogP contribution in [0.25, 0.3) is 0 Å². The first-order valence-electron chi connectivity index (χ1n) is 9.80. The van der Waals surface area contributed by atoms with Crippen molar-refractivity contribution in [1.82, 2.24) is 0 Å². The van der Waals surface area contributed by atoms with Crippen molar-refractivity contribution in [3.05, 3.63) is 95.1 Å². The van der Waals surface area contributed by atoms with Crippen molar-refractivity contribution in [2.24, 2.45) is 0 Å². The lowest BCUT2D eigenvalue weighted by Gasteiger charge is -2.13. The normalized spacial score (nSPS) is 11.1. The molecule has 3 aromatic rings. The molecule has 0 aliphatic rings. The Bertz CT molecular complexity index is 1180. The monoisotopic (exact) mass is 437 g/mol. The van der Waals surface area contributed by atoms with E-state index in [1.54, 1.807) is 36.4 Å². The first-order valence-corrected chi connectivity index (χ1v) is 11.3.